The Morgan fingerprint density at radius 3 is 2.43 bits per heavy atom. The summed E-state index contributed by atoms with van der Waals surface area (Å²) in [5.74, 6) is 1.62. The van der Waals surface area contributed by atoms with Crippen LogP contribution in [0.15, 0.2) is 24.3 Å². The van der Waals surface area contributed by atoms with E-state index in [1.807, 2.05) is 24.3 Å². The lowest BCUT2D eigenvalue weighted by molar-refractivity contribution is 0.415. The molecular weight excluding hydrogens is 174 g/mol. The van der Waals surface area contributed by atoms with Crippen molar-refractivity contribution in [2.75, 3.05) is 19.0 Å². The molecule has 1 aromatic carbocycles. The second-order valence-electron chi connectivity index (χ2n) is 3.62. The third-order valence-electron chi connectivity index (χ3n) is 2.44. The van der Waals surface area contributed by atoms with Crippen molar-refractivity contribution in [3.63, 3.8) is 0 Å². The summed E-state index contributed by atoms with van der Waals surface area (Å²) >= 11 is 0. The Hall–Kier alpha value is -1.18. The monoisotopic (exact) mass is 193 g/mol. The van der Waals surface area contributed by atoms with Crippen LogP contribution in [0.4, 0.5) is 5.69 Å². The van der Waals surface area contributed by atoms with Gasteiger partial charge >= 0.3 is 0 Å². The molecule has 1 aromatic rings. The van der Waals surface area contributed by atoms with E-state index in [0.29, 0.717) is 0 Å². The van der Waals surface area contributed by atoms with Crippen LogP contribution in [0.1, 0.15) is 20.3 Å². The average Bonchev–Trinajstić information content (AvgIpc) is 2.26. The van der Waals surface area contributed by atoms with Crippen molar-refractivity contribution >= 4 is 5.69 Å². The molecular formula is C12H19NO. The van der Waals surface area contributed by atoms with Crippen LogP contribution in [0.5, 0.6) is 5.75 Å². The molecule has 0 saturated carbocycles. The number of nitrogens with one attached hydrogen (secondary N) is 1. The first kappa shape index (κ1) is 10.9. The summed E-state index contributed by atoms with van der Waals surface area (Å²) in [5.41, 5.74) is 1.16. The van der Waals surface area contributed by atoms with Gasteiger partial charge < -0.3 is 10.1 Å². The van der Waals surface area contributed by atoms with Crippen molar-refractivity contribution in [1.82, 2.24) is 0 Å². The second-order valence-corrected chi connectivity index (χ2v) is 3.62. The minimum absolute atomic E-state index is 0.720. The quantitative estimate of drug-likeness (QED) is 0.775. The molecule has 0 saturated heterocycles. The van der Waals surface area contributed by atoms with E-state index in [-0.39, 0.29) is 0 Å². The molecule has 1 rings (SSSR count). The van der Waals surface area contributed by atoms with Crippen molar-refractivity contribution in [3.05, 3.63) is 24.3 Å². The zero-order chi connectivity index (χ0) is 10.4. The molecule has 0 aromatic heterocycles. The molecule has 0 aliphatic heterocycles. The molecule has 0 heterocycles. The van der Waals surface area contributed by atoms with Crippen LogP contribution in [0.3, 0.4) is 0 Å². The first-order valence-electron chi connectivity index (χ1n) is 5.14. The van der Waals surface area contributed by atoms with Gasteiger partial charge in [-0.1, -0.05) is 20.3 Å². The minimum Gasteiger partial charge on any atom is -0.497 e. The zero-order valence-electron chi connectivity index (χ0n) is 9.21. The lowest BCUT2D eigenvalue weighted by Gasteiger charge is -2.11. The van der Waals surface area contributed by atoms with Crippen LogP contribution in [-0.4, -0.2) is 13.7 Å². The largest absolute Gasteiger partial charge is 0.497 e. The Morgan fingerprint density at radius 1 is 1.29 bits per heavy atom. The SMILES string of the molecule is CC[C@@H](C)CNc1ccc(OC)cc1. The van der Waals surface area contributed by atoms with Gasteiger partial charge in [0.1, 0.15) is 5.75 Å². The van der Waals surface area contributed by atoms with E-state index in [0.717, 1.165) is 23.9 Å². The molecule has 1 N–H and O–H groups in total. The molecule has 0 fully saturated rings. The number of hydrogen-bond acceptors (Lipinski definition) is 2. The highest BCUT2D eigenvalue weighted by atomic mass is 16.5. The van der Waals surface area contributed by atoms with Crippen molar-refractivity contribution in [2.24, 2.45) is 5.92 Å². The molecule has 2 nitrogen and oxygen atoms in total. The standard InChI is InChI=1S/C12H19NO/c1-4-10(2)9-13-11-5-7-12(14-3)8-6-11/h5-8,10,13H,4,9H2,1-3H3/t10-/m1/s1. The summed E-state index contributed by atoms with van der Waals surface area (Å²) < 4.78 is 5.09. The highest BCUT2D eigenvalue weighted by Gasteiger charge is 1.98. The maximum Gasteiger partial charge on any atom is 0.119 e. The Morgan fingerprint density at radius 2 is 1.93 bits per heavy atom. The van der Waals surface area contributed by atoms with Gasteiger partial charge in [-0.2, -0.15) is 0 Å². The lowest BCUT2D eigenvalue weighted by Crippen LogP contribution is -2.09. The lowest BCUT2D eigenvalue weighted by atomic mass is 10.1. The van der Waals surface area contributed by atoms with Gasteiger partial charge in [0.25, 0.3) is 0 Å². The normalized spacial score (nSPS) is 12.2. The van der Waals surface area contributed by atoms with E-state index in [4.69, 9.17) is 4.74 Å². The van der Waals surface area contributed by atoms with Crippen LogP contribution in [0.25, 0.3) is 0 Å². The molecule has 0 aliphatic carbocycles. The predicted octanol–water partition coefficient (Wildman–Crippen LogP) is 3.15. The molecule has 1 atom stereocenters. The predicted molar refractivity (Wildman–Crippen MR) is 60.9 cm³/mol. The molecule has 78 valence electrons. The number of benzene rings is 1. The molecule has 14 heavy (non-hydrogen) atoms. The van der Waals surface area contributed by atoms with Crippen molar-refractivity contribution in [2.45, 2.75) is 20.3 Å². The van der Waals surface area contributed by atoms with Gasteiger partial charge in [0, 0.05) is 12.2 Å². The number of methoxy groups -OCH3 is 1. The molecule has 0 aliphatic rings. The van der Waals surface area contributed by atoms with Crippen molar-refractivity contribution in [3.8, 4) is 5.75 Å². The van der Waals surface area contributed by atoms with Gasteiger partial charge in [0.15, 0.2) is 0 Å². The second kappa shape index (κ2) is 5.53. The smallest absolute Gasteiger partial charge is 0.119 e. The van der Waals surface area contributed by atoms with Crippen LogP contribution >= 0.6 is 0 Å². The highest BCUT2D eigenvalue weighted by Crippen LogP contribution is 2.15. The summed E-state index contributed by atoms with van der Waals surface area (Å²) in [7, 11) is 1.68. The third-order valence-corrected chi connectivity index (χ3v) is 2.44. The molecule has 0 spiro atoms. The Balaban J connectivity index is 2.43. The van der Waals surface area contributed by atoms with Gasteiger partial charge in [0.2, 0.25) is 0 Å². The third kappa shape index (κ3) is 3.29. The maximum atomic E-state index is 5.09. The van der Waals surface area contributed by atoms with E-state index in [1.165, 1.54) is 6.42 Å². The van der Waals surface area contributed by atoms with Crippen LogP contribution in [-0.2, 0) is 0 Å². The van der Waals surface area contributed by atoms with Crippen LogP contribution in [0, 0.1) is 5.92 Å². The van der Waals surface area contributed by atoms with E-state index < -0.39 is 0 Å². The minimum atomic E-state index is 0.720. The molecule has 2 heteroatoms. The van der Waals surface area contributed by atoms with Gasteiger partial charge in [-0.15, -0.1) is 0 Å². The molecule has 0 bridgehead atoms. The van der Waals surface area contributed by atoms with E-state index >= 15 is 0 Å². The molecule has 0 unspecified atom stereocenters. The number of rotatable bonds is 5. The fraction of sp³-hybridized carbons (Fsp3) is 0.500. The molecule has 0 radical (unpaired) electrons. The van der Waals surface area contributed by atoms with E-state index in [9.17, 15) is 0 Å². The summed E-state index contributed by atoms with van der Waals surface area (Å²) in [5, 5.41) is 3.39. The summed E-state index contributed by atoms with van der Waals surface area (Å²) in [6.45, 7) is 5.49. The fourth-order valence-corrected chi connectivity index (χ4v) is 1.15. The van der Waals surface area contributed by atoms with Gasteiger partial charge in [-0.25, -0.2) is 0 Å². The van der Waals surface area contributed by atoms with E-state index in [2.05, 4.69) is 19.2 Å². The Labute approximate surface area is 86.3 Å². The van der Waals surface area contributed by atoms with Gasteiger partial charge in [-0.05, 0) is 30.2 Å². The topological polar surface area (TPSA) is 21.3 Å². The fourth-order valence-electron chi connectivity index (χ4n) is 1.15. The van der Waals surface area contributed by atoms with Crippen LogP contribution in [0.2, 0.25) is 0 Å². The van der Waals surface area contributed by atoms with Gasteiger partial charge in [-0.3, -0.25) is 0 Å². The van der Waals surface area contributed by atoms with E-state index in [1.54, 1.807) is 7.11 Å². The first-order valence-corrected chi connectivity index (χ1v) is 5.14. The number of anilines is 1. The van der Waals surface area contributed by atoms with Crippen molar-refractivity contribution < 1.29 is 4.74 Å². The zero-order valence-corrected chi connectivity index (χ0v) is 9.21. The Kier molecular flexibility index (Phi) is 4.30. The average molecular weight is 193 g/mol. The maximum absolute atomic E-state index is 5.09. The van der Waals surface area contributed by atoms with Crippen molar-refractivity contribution in [1.29, 1.82) is 0 Å². The Bertz CT molecular complexity index is 256. The summed E-state index contributed by atoms with van der Waals surface area (Å²) in [6, 6.07) is 8.03. The first-order chi connectivity index (χ1) is 6.76. The highest BCUT2D eigenvalue weighted by molar-refractivity contribution is 5.46. The van der Waals surface area contributed by atoms with Gasteiger partial charge in [0.05, 0.1) is 7.11 Å². The number of hydrogen-bond donors (Lipinski definition) is 1. The molecule has 0 amide bonds. The summed E-state index contributed by atoms with van der Waals surface area (Å²) in [6.07, 6.45) is 1.21. The summed E-state index contributed by atoms with van der Waals surface area (Å²) in [4.78, 5) is 0. The number of ether oxygens (including phenoxy) is 1. The van der Waals surface area contributed by atoms with Crippen LogP contribution < -0.4 is 10.1 Å².